The van der Waals surface area contributed by atoms with E-state index in [-0.39, 0.29) is 0 Å². The van der Waals surface area contributed by atoms with Crippen LogP contribution in [0.4, 0.5) is 0 Å². The smallest absolute Gasteiger partial charge is 0.137 e. The number of fused-ring (bicyclic) bond motifs is 1. The maximum Gasteiger partial charge on any atom is 0.137 e. The molecule has 1 fully saturated rings. The lowest BCUT2D eigenvalue weighted by atomic mass is 9.97. The number of piperidine rings is 1. The van der Waals surface area contributed by atoms with Crippen LogP contribution in [0, 0.1) is 6.92 Å². The summed E-state index contributed by atoms with van der Waals surface area (Å²) < 4.78 is 0. The fraction of sp³-hybridized carbons (Fsp3) is 0.412. The van der Waals surface area contributed by atoms with Gasteiger partial charge in [0.1, 0.15) is 12.2 Å². The zero-order chi connectivity index (χ0) is 15.8. The highest BCUT2D eigenvalue weighted by Crippen LogP contribution is 2.28. The van der Waals surface area contributed by atoms with E-state index in [0.717, 1.165) is 36.0 Å². The predicted octanol–water partition coefficient (Wildman–Crippen LogP) is 3.63. The monoisotopic (exact) mass is 329 g/mol. The van der Waals surface area contributed by atoms with E-state index in [1.807, 2.05) is 12.1 Å². The topological polar surface area (TPSA) is 60.6 Å². The molecule has 0 amide bonds. The Morgan fingerprint density at radius 1 is 1.39 bits per heavy atom. The second kappa shape index (κ2) is 5.98. The molecule has 2 N–H and O–H groups in total. The highest BCUT2D eigenvalue weighted by molar-refractivity contribution is 6.31. The van der Waals surface area contributed by atoms with Gasteiger partial charge in [-0.25, -0.2) is 4.98 Å². The van der Waals surface area contributed by atoms with Crippen molar-refractivity contribution in [2.24, 2.45) is 0 Å². The molecule has 5 nitrogen and oxygen atoms in total. The molecule has 6 heteroatoms. The SMILES string of the molecule is Cc1c(CN2CCC[C@H](c3ncn[nH]3)C2)[nH]c2ccc(Cl)cc12. The lowest BCUT2D eigenvalue weighted by Crippen LogP contribution is -2.34. The summed E-state index contributed by atoms with van der Waals surface area (Å²) in [5.41, 5.74) is 3.73. The summed E-state index contributed by atoms with van der Waals surface area (Å²) in [6.45, 7) is 5.25. The van der Waals surface area contributed by atoms with Crippen LogP contribution in [0.25, 0.3) is 10.9 Å². The van der Waals surface area contributed by atoms with Gasteiger partial charge in [0.15, 0.2) is 0 Å². The lowest BCUT2D eigenvalue weighted by molar-refractivity contribution is 0.195. The largest absolute Gasteiger partial charge is 0.357 e. The van der Waals surface area contributed by atoms with Crippen molar-refractivity contribution in [3.05, 3.63) is 46.6 Å². The van der Waals surface area contributed by atoms with Crippen molar-refractivity contribution in [1.82, 2.24) is 25.1 Å². The fourth-order valence-corrected chi connectivity index (χ4v) is 3.74. The number of hydrogen-bond donors (Lipinski definition) is 2. The molecule has 4 rings (SSSR count). The van der Waals surface area contributed by atoms with Crippen molar-refractivity contribution in [1.29, 1.82) is 0 Å². The van der Waals surface area contributed by atoms with Crippen molar-refractivity contribution in [3.63, 3.8) is 0 Å². The molecule has 0 aliphatic carbocycles. The molecule has 1 atom stereocenters. The molecule has 3 heterocycles. The van der Waals surface area contributed by atoms with E-state index in [1.165, 1.54) is 29.5 Å². The maximum atomic E-state index is 6.13. The average Bonchev–Trinajstić information content (AvgIpc) is 3.18. The van der Waals surface area contributed by atoms with Gasteiger partial charge < -0.3 is 4.98 Å². The molecule has 120 valence electrons. The highest BCUT2D eigenvalue weighted by atomic mass is 35.5. The molecule has 1 aliphatic heterocycles. The molecule has 1 saturated heterocycles. The van der Waals surface area contributed by atoms with Gasteiger partial charge in [-0.3, -0.25) is 10.00 Å². The molecule has 3 aromatic rings. The van der Waals surface area contributed by atoms with Crippen molar-refractivity contribution in [2.75, 3.05) is 13.1 Å². The van der Waals surface area contributed by atoms with E-state index in [2.05, 4.69) is 38.1 Å². The first-order valence-electron chi connectivity index (χ1n) is 8.05. The normalized spacial score (nSPS) is 19.5. The average molecular weight is 330 g/mol. The second-order valence-corrected chi connectivity index (χ2v) is 6.80. The van der Waals surface area contributed by atoms with E-state index in [0.29, 0.717) is 5.92 Å². The van der Waals surface area contributed by atoms with Gasteiger partial charge in [-0.05, 0) is 50.1 Å². The molecular formula is C17H20ClN5. The first kappa shape index (κ1) is 14.7. The maximum absolute atomic E-state index is 6.13. The van der Waals surface area contributed by atoms with E-state index in [9.17, 15) is 0 Å². The van der Waals surface area contributed by atoms with Gasteiger partial charge in [0.25, 0.3) is 0 Å². The minimum absolute atomic E-state index is 0.449. The zero-order valence-electron chi connectivity index (χ0n) is 13.1. The number of hydrogen-bond acceptors (Lipinski definition) is 3. The van der Waals surface area contributed by atoms with E-state index >= 15 is 0 Å². The highest BCUT2D eigenvalue weighted by Gasteiger charge is 2.24. The molecule has 0 bridgehead atoms. The van der Waals surface area contributed by atoms with Crippen LogP contribution in [0.1, 0.15) is 35.8 Å². The Balaban J connectivity index is 1.54. The van der Waals surface area contributed by atoms with Gasteiger partial charge in [0.2, 0.25) is 0 Å². The summed E-state index contributed by atoms with van der Waals surface area (Å²) in [6.07, 6.45) is 3.96. The van der Waals surface area contributed by atoms with E-state index < -0.39 is 0 Å². The number of nitrogens with one attached hydrogen (secondary N) is 2. The molecule has 0 saturated carbocycles. The summed E-state index contributed by atoms with van der Waals surface area (Å²) in [7, 11) is 0. The van der Waals surface area contributed by atoms with Crippen LogP contribution < -0.4 is 0 Å². The standard InChI is InChI=1S/C17H20ClN5/c1-11-14-7-13(18)4-5-15(14)21-16(11)9-23-6-2-3-12(8-23)17-19-10-20-22-17/h4-5,7,10,12,21H,2-3,6,8-9H2,1H3,(H,19,20,22)/t12-/m0/s1. The predicted molar refractivity (Wildman–Crippen MR) is 91.7 cm³/mol. The summed E-state index contributed by atoms with van der Waals surface area (Å²) >= 11 is 6.13. The summed E-state index contributed by atoms with van der Waals surface area (Å²) in [5.74, 6) is 1.46. The molecule has 0 spiro atoms. The van der Waals surface area contributed by atoms with Gasteiger partial charge in [0, 0.05) is 40.6 Å². The summed E-state index contributed by atoms with van der Waals surface area (Å²) in [6, 6.07) is 6.03. The molecular weight excluding hydrogens is 310 g/mol. The lowest BCUT2D eigenvalue weighted by Gasteiger charge is -2.31. The van der Waals surface area contributed by atoms with Gasteiger partial charge in [-0.2, -0.15) is 5.10 Å². The number of rotatable bonds is 3. The van der Waals surface area contributed by atoms with Gasteiger partial charge in [-0.15, -0.1) is 0 Å². The second-order valence-electron chi connectivity index (χ2n) is 6.36. The Morgan fingerprint density at radius 3 is 3.13 bits per heavy atom. The third-order valence-corrected chi connectivity index (χ3v) is 5.07. The number of aromatic amines is 2. The molecule has 1 aromatic carbocycles. The third-order valence-electron chi connectivity index (χ3n) is 4.83. The van der Waals surface area contributed by atoms with Crippen LogP contribution in [0.5, 0.6) is 0 Å². The van der Waals surface area contributed by atoms with Crippen molar-refractivity contribution >= 4 is 22.5 Å². The van der Waals surface area contributed by atoms with Crippen LogP contribution in [0.3, 0.4) is 0 Å². The first-order valence-corrected chi connectivity index (χ1v) is 8.43. The van der Waals surface area contributed by atoms with Crippen LogP contribution in [0.15, 0.2) is 24.5 Å². The van der Waals surface area contributed by atoms with Crippen LogP contribution in [-0.2, 0) is 6.54 Å². The Kier molecular flexibility index (Phi) is 3.83. The van der Waals surface area contributed by atoms with Crippen molar-refractivity contribution in [3.8, 4) is 0 Å². The Labute approximate surface area is 140 Å². The van der Waals surface area contributed by atoms with Crippen LogP contribution in [0.2, 0.25) is 5.02 Å². The number of likely N-dealkylation sites (tertiary alicyclic amines) is 1. The number of benzene rings is 1. The fourth-order valence-electron chi connectivity index (χ4n) is 3.57. The minimum atomic E-state index is 0.449. The minimum Gasteiger partial charge on any atom is -0.357 e. The molecule has 0 unspecified atom stereocenters. The molecule has 2 aromatic heterocycles. The quantitative estimate of drug-likeness (QED) is 0.771. The van der Waals surface area contributed by atoms with Crippen molar-refractivity contribution in [2.45, 2.75) is 32.2 Å². The van der Waals surface area contributed by atoms with Gasteiger partial charge in [0.05, 0.1) is 0 Å². The number of halogens is 1. The zero-order valence-corrected chi connectivity index (χ0v) is 13.9. The first-order chi connectivity index (χ1) is 11.2. The van der Waals surface area contributed by atoms with Crippen LogP contribution in [-0.4, -0.2) is 38.2 Å². The Hall–Kier alpha value is -1.85. The number of H-pyrrole nitrogens is 2. The van der Waals surface area contributed by atoms with E-state index in [1.54, 1.807) is 6.33 Å². The number of aromatic nitrogens is 4. The molecule has 1 aliphatic rings. The Morgan fingerprint density at radius 2 is 2.30 bits per heavy atom. The summed E-state index contributed by atoms with van der Waals surface area (Å²) in [4.78, 5) is 10.4. The van der Waals surface area contributed by atoms with Crippen LogP contribution >= 0.6 is 11.6 Å². The number of aryl methyl sites for hydroxylation is 1. The van der Waals surface area contributed by atoms with Gasteiger partial charge in [-0.1, -0.05) is 11.6 Å². The molecule has 0 radical (unpaired) electrons. The summed E-state index contributed by atoms with van der Waals surface area (Å²) in [5, 5.41) is 9.01. The van der Waals surface area contributed by atoms with E-state index in [4.69, 9.17) is 11.6 Å². The Bertz CT molecular complexity index is 808. The molecule has 23 heavy (non-hydrogen) atoms. The van der Waals surface area contributed by atoms with Crippen molar-refractivity contribution < 1.29 is 0 Å². The third kappa shape index (κ3) is 2.86. The van der Waals surface area contributed by atoms with Gasteiger partial charge >= 0.3 is 0 Å². The number of nitrogens with zero attached hydrogens (tertiary/aromatic N) is 3.